The van der Waals surface area contributed by atoms with Gasteiger partial charge in [0.15, 0.2) is 12.2 Å². The monoisotopic (exact) mass is 223 g/mol. The number of hydrogen-bond acceptors (Lipinski definition) is 5. The van der Waals surface area contributed by atoms with E-state index in [1.165, 1.54) is 13.5 Å². The summed E-state index contributed by atoms with van der Waals surface area (Å²) in [5, 5.41) is 0. The zero-order valence-electron chi connectivity index (χ0n) is 9.23. The van der Waals surface area contributed by atoms with Crippen molar-refractivity contribution in [2.45, 2.75) is 25.7 Å². The van der Waals surface area contributed by atoms with Crippen LogP contribution < -0.4 is 0 Å². The van der Waals surface area contributed by atoms with Crippen LogP contribution in [0.2, 0.25) is 0 Å². The van der Waals surface area contributed by atoms with Crippen molar-refractivity contribution in [2.24, 2.45) is 5.41 Å². The lowest BCUT2D eigenvalue weighted by Crippen LogP contribution is -2.37. The zero-order chi connectivity index (χ0) is 11.8. The molecule has 1 heterocycles. The normalized spacial score (nSPS) is 29.4. The molecule has 0 N–H and O–H groups in total. The fourth-order valence-corrected chi connectivity index (χ4v) is 2.31. The number of nitrogens with zero attached hydrogens (tertiary/aromatic N) is 1. The fraction of sp³-hybridized carbons (Fsp3) is 0.545. The van der Waals surface area contributed by atoms with Crippen LogP contribution in [0.5, 0.6) is 0 Å². The van der Waals surface area contributed by atoms with Gasteiger partial charge in [-0.25, -0.2) is 4.98 Å². The van der Waals surface area contributed by atoms with E-state index >= 15 is 0 Å². The highest BCUT2D eigenvalue weighted by Gasteiger charge is 2.54. The van der Waals surface area contributed by atoms with Gasteiger partial charge < -0.3 is 9.15 Å². The van der Waals surface area contributed by atoms with Crippen LogP contribution >= 0.6 is 0 Å². The van der Waals surface area contributed by atoms with E-state index in [0.717, 1.165) is 0 Å². The quantitative estimate of drug-likeness (QED) is 0.558. The van der Waals surface area contributed by atoms with Crippen LogP contribution in [-0.4, -0.2) is 23.8 Å². The molecule has 2 unspecified atom stereocenters. The van der Waals surface area contributed by atoms with Gasteiger partial charge >= 0.3 is 5.97 Å². The summed E-state index contributed by atoms with van der Waals surface area (Å²) in [5.74, 6) is -0.300. The maximum atomic E-state index is 11.8. The van der Waals surface area contributed by atoms with E-state index in [1.54, 1.807) is 13.1 Å². The third kappa shape index (κ3) is 1.35. The van der Waals surface area contributed by atoms with Gasteiger partial charge in [0.2, 0.25) is 0 Å². The lowest BCUT2D eigenvalue weighted by atomic mass is 9.78. The van der Waals surface area contributed by atoms with Crippen molar-refractivity contribution in [3.8, 4) is 0 Å². The molecule has 0 aromatic carbocycles. The van der Waals surface area contributed by atoms with Gasteiger partial charge in [-0.3, -0.25) is 9.59 Å². The highest BCUT2D eigenvalue weighted by Crippen LogP contribution is 2.47. The molecule has 16 heavy (non-hydrogen) atoms. The fourth-order valence-electron chi connectivity index (χ4n) is 2.31. The van der Waals surface area contributed by atoms with Gasteiger partial charge in [-0.2, -0.15) is 0 Å². The molecule has 0 bridgehead atoms. The summed E-state index contributed by atoms with van der Waals surface area (Å²) in [4.78, 5) is 27.4. The number of rotatable bonds is 2. The van der Waals surface area contributed by atoms with E-state index in [2.05, 4.69) is 4.98 Å². The van der Waals surface area contributed by atoms with Crippen LogP contribution in [0.25, 0.3) is 0 Å². The van der Waals surface area contributed by atoms with Crippen LogP contribution in [-0.2, 0) is 14.3 Å². The first kappa shape index (κ1) is 10.9. The number of carbonyl (C=O) groups is 2. The minimum atomic E-state index is -1.13. The van der Waals surface area contributed by atoms with Crippen LogP contribution in [0.4, 0.5) is 0 Å². The molecule has 0 amide bonds. The smallest absolute Gasteiger partial charge is 0.319 e. The lowest BCUT2D eigenvalue weighted by molar-refractivity contribution is -0.156. The average molecular weight is 223 g/mol. The van der Waals surface area contributed by atoms with Gasteiger partial charge in [-0.05, 0) is 13.3 Å². The topological polar surface area (TPSA) is 69.4 Å². The van der Waals surface area contributed by atoms with Gasteiger partial charge in [0.1, 0.15) is 11.2 Å². The molecular weight excluding hydrogens is 210 g/mol. The molecule has 5 heteroatoms. The zero-order valence-corrected chi connectivity index (χ0v) is 9.23. The maximum Gasteiger partial charge on any atom is 0.319 e. The molecule has 0 spiro atoms. The highest BCUT2D eigenvalue weighted by atomic mass is 16.5. The molecule has 1 saturated carbocycles. The Balaban J connectivity index is 2.40. The van der Waals surface area contributed by atoms with Crippen molar-refractivity contribution in [2.75, 3.05) is 7.11 Å². The Labute approximate surface area is 92.8 Å². The molecule has 1 aliphatic carbocycles. The van der Waals surface area contributed by atoms with Crippen LogP contribution in [0, 0.1) is 5.41 Å². The average Bonchev–Trinajstić information content (AvgIpc) is 2.88. The lowest BCUT2D eigenvalue weighted by Gasteiger charge is -2.25. The summed E-state index contributed by atoms with van der Waals surface area (Å²) in [5.41, 5.74) is -1.13. The van der Waals surface area contributed by atoms with Gasteiger partial charge in [0, 0.05) is 12.3 Å². The maximum absolute atomic E-state index is 11.8. The third-order valence-electron chi connectivity index (χ3n) is 3.34. The van der Waals surface area contributed by atoms with E-state index in [9.17, 15) is 9.59 Å². The minimum absolute atomic E-state index is 0.0965. The van der Waals surface area contributed by atoms with Gasteiger partial charge in [-0.1, -0.05) is 0 Å². The first-order valence-corrected chi connectivity index (χ1v) is 5.10. The number of Topliss-reactive ketones (excluding diaryl/α,β-unsaturated/α-hetero) is 1. The van der Waals surface area contributed by atoms with Gasteiger partial charge in [0.25, 0.3) is 0 Å². The molecule has 2 atom stereocenters. The Hall–Kier alpha value is -1.65. The number of hydrogen-bond donors (Lipinski definition) is 0. The Morgan fingerprint density at radius 2 is 2.44 bits per heavy atom. The Bertz CT molecular complexity index is 412. The summed E-state index contributed by atoms with van der Waals surface area (Å²) in [6, 6.07) is 0. The van der Waals surface area contributed by atoms with Crippen molar-refractivity contribution >= 4 is 11.8 Å². The largest absolute Gasteiger partial charge is 0.468 e. The summed E-state index contributed by atoms with van der Waals surface area (Å²) in [6.07, 6.45) is 3.82. The molecule has 1 aromatic heterocycles. The second kappa shape index (κ2) is 3.73. The molecule has 0 saturated heterocycles. The minimum Gasteiger partial charge on any atom is -0.468 e. The first-order valence-electron chi connectivity index (χ1n) is 5.10. The molecule has 1 aromatic rings. The molecular formula is C11H13NO4. The van der Waals surface area contributed by atoms with Crippen molar-refractivity contribution in [3.05, 3.63) is 18.4 Å². The summed E-state index contributed by atoms with van der Waals surface area (Å²) in [7, 11) is 1.29. The number of aromatic nitrogens is 1. The third-order valence-corrected chi connectivity index (χ3v) is 3.34. The van der Waals surface area contributed by atoms with Gasteiger partial charge in [0.05, 0.1) is 13.3 Å². The van der Waals surface area contributed by atoms with E-state index in [1.807, 2.05) is 0 Å². The number of oxazole rings is 1. The summed E-state index contributed by atoms with van der Waals surface area (Å²) >= 11 is 0. The van der Waals surface area contributed by atoms with E-state index in [-0.39, 0.29) is 11.7 Å². The molecule has 86 valence electrons. The Morgan fingerprint density at radius 3 is 3.00 bits per heavy atom. The molecule has 1 fully saturated rings. The summed E-state index contributed by atoms with van der Waals surface area (Å²) in [6.45, 7) is 1.61. The standard InChI is InChI=1S/C11H13NO4/c1-11(10(14)15-2)7(3-4-9(11)13)8-5-12-6-16-8/h5-7H,3-4H2,1-2H3. The predicted octanol–water partition coefficient (Wildman–Crippen LogP) is 1.30. The number of ketones is 1. The Morgan fingerprint density at radius 1 is 1.69 bits per heavy atom. The van der Waals surface area contributed by atoms with Gasteiger partial charge in [-0.15, -0.1) is 0 Å². The number of esters is 1. The summed E-state index contributed by atoms with van der Waals surface area (Å²) < 4.78 is 9.90. The molecule has 0 radical (unpaired) electrons. The SMILES string of the molecule is COC(=O)C1(C)C(=O)CCC1c1cnco1. The molecule has 1 aliphatic rings. The second-order valence-electron chi connectivity index (χ2n) is 4.11. The van der Waals surface area contributed by atoms with E-state index in [4.69, 9.17) is 9.15 Å². The number of ether oxygens (including phenoxy) is 1. The van der Waals surface area contributed by atoms with Crippen LogP contribution in [0.3, 0.4) is 0 Å². The molecule has 5 nitrogen and oxygen atoms in total. The number of carbonyl (C=O) groups excluding carboxylic acids is 2. The highest BCUT2D eigenvalue weighted by molar-refractivity contribution is 6.06. The molecule has 2 rings (SSSR count). The number of methoxy groups -OCH3 is 1. The van der Waals surface area contributed by atoms with Crippen molar-refractivity contribution in [3.63, 3.8) is 0 Å². The van der Waals surface area contributed by atoms with Crippen LogP contribution in [0.1, 0.15) is 31.4 Å². The van der Waals surface area contributed by atoms with Crippen molar-refractivity contribution in [1.29, 1.82) is 0 Å². The Kier molecular flexibility index (Phi) is 2.53. The van der Waals surface area contributed by atoms with Crippen LogP contribution in [0.15, 0.2) is 17.0 Å². The first-order chi connectivity index (χ1) is 7.60. The van der Waals surface area contributed by atoms with Crippen molar-refractivity contribution < 1.29 is 18.7 Å². The molecule has 0 aliphatic heterocycles. The van der Waals surface area contributed by atoms with E-state index in [0.29, 0.717) is 18.6 Å². The predicted molar refractivity (Wildman–Crippen MR) is 53.6 cm³/mol. The second-order valence-corrected chi connectivity index (χ2v) is 4.11. The van der Waals surface area contributed by atoms with Crippen molar-refractivity contribution in [1.82, 2.24) is 4.98 Å². The van der Waals surface area contributed by atoms with E-state index < -0.39 is 11.4 Å².